The van der Waals surface area contributed by atoms with Crippen molar-refractivity contribution in [3.8, 4) is 0 Å². The molecule has 1 rings (SSSR count). The second kappa shape index (κ2) is 5.05. The summed E-state index contributed by atoms with van der Waals surface area (Å²) < 4.78 is 5.94. The van der Waals surface area contributed by atoms with E-state index in [0.717, 1.165) is 18.8 Å². The molecule has 1 saturated carbocycles. The molecule has 1 aliphatic carbocycles. The maximum absolute atomic E-state index is 9.18. The molecule has 0 saturated heterocycles. The van der Waals surface area contributed by atoms with E-state index in [-0.39, 0.29) is 12.2 Å². The minimum absolute atomic E-state index is 0.103. The zero-order valence-electron chi connectivity index (χ0n) is 11.5. The van der Waals surface area contributed by atoms with Gasteiger partial charge in [-0.25, -0.2) is 0 Å². The van der Waals surface area contributed by atoms with E-state index in [1.54, 1.807) is 0 Å². The molecular weight excluding hydrogens is 200 g/mol. The molecule has 2 nitrogen and oxygen atoms in total. The normalized spacial score (nSPS) is 28.1. The predicted octanol–water partition coefficient (Wildman–Crippen LogP) is 3.38. The van der Waals surface area contributed by atoms with Gasteiger partial charge in [-0.15, -0.1) is 0 Å². The first-order valence-electron chi connectivity index (χ1n) is 6.53. The van der Waals surface area contributed by atoms with Crippen molar-refractivity contribution in [1.82, 2.24) is 0 Å². The molecule has 0 radical (unpaired) electrons. The summed E-state index contributed by atoms with van der Waals surface area (Å²) in [6, 6.07) is 0. The van der Waals surface area contributed by atoms with Crippen LogP contribution in [0.1, 0.15) is 60.3 Å². The summed E-state index contributed by atoms with van der Waals surface area (Å²) >= 11 is 0. The molecule has 0 spiro atoms. The first kappa shape index (κ1) is 14.0. The van der Waals surface area contributed by atoms with Crippen molar-refractivity contribution in [2.75, 3.05) is 6.61 Å². The Bertz CT molecular complexity index is 207. The Kier molecular flexibility index (Phi) is 4.42. The van der Waals surface area contributed by atoms with Crippen LogP contribution in [-0.4, -0.2) is 23.4 Å². The van der Waals surface area contributed by atoms with Crippen molar-refractivity contribution in [2.45, 2.75) is 72.0 Å². The van der Waals surface area contributed by atoms with E-state index in [0.29, 0.717) is 11.5 Å². The minimum atomic E-state index is -0.376. The predicted molar refractivity (Wildman–Crippen MR) is 67.5 cm³/mol. The van der Waals surface area contributed by atoms with E-state index in [1.165, 1.54) is 12.8 Å². The van der Waals surface area contributed by atoms with Gasteiger partial charge in [0.05, 0.1) is 18.3 Å². The highest BCUT2D eigenvalue weighted by molar-refractivity contribution is 4.82. The topological polar surface area (TPSA) is 29.5 Å². The molecule has 16 heavy (non-hydrogen) atoms. The van der Waals surface area contributed by atoms with Crippen LogP contribution < -0.4 is 0 Å². The molecule has 1 fully saturated rings. The zero-order valence-corrected chi connectivity index (χ0v) is 11.5. The van der Waals surface area contributed by atoms with Crippen LogP contribution in [0.3, 0.4) is 0 Å². The van der Waals surface area contributed by atoms with Crippen LogP contribution in [0.25, 0.3) is 0 Å². The van der Waals surface area contributed by atoms with E-state index >= 15 is 0 Å². The second-order valence-corrected chi connectivity index (χ2v) is 6.88. The third kappa shape index (κ3) is 4.06. The molecule has 0 aromatic heterocycles. The lowest BCUT2D eigenvalue weighted by atomic mass is 9.72. The highest BCUT2D eigenvalue weighted by atomic mass is 16.5. The lowest BCUT2D eigenvalue weighted by molar-refractivity contribution is -0.115. The van der Waals surface area contributed by atoms with Gasteiger partial charge in [0.2, 0.25) is 0 Å². The van der Waals surface area contributed by atoms with Gasteiger partial charge in [0.1, 0.15) is 0 Å². The first-order chi connectivity index (χ1) is 7.24. The van der Waals surface area contributed by atoms with Crippen molar-refractivity contribution in [2.24, 2.45) is 11.3 Å². The molecule has 0 heterocycles. The maximum atomic E-state index is 9.18. The molecule has 1 N–H and O–H groups in total. The fourth-order valence-corrected chi connectivity index (χ4v) is 2.54. The van der Waals surface area contributed by atoms with Gasteiger partial charge in [0.25, 0.3) is 0 Å². The van der Waals surface area contributed by atoms with Gasteiger partial charge in [-0.3, -0.25) is 0 Å². The molecule has 0 aromatic carbocycles. The van der Waals surface area contributed by atoms with Crippen LogP contribution in [0.2, 0.25) is 0 Å². The molecule has 0 bridgehead atoms. The van der Waals surface area contributed by atoms with E-state index in [9.17, 15) is 5.11 Å². The molecular formula is C14H28O2. The minimum Gasteiger partial charge on any atom is -0.393 e. The summed E-state index contributed by atoms with van der Waals surface area (Å²) in [5, 5.41) is 9.18. The Hall–Kier alpha value is -0.0800. The molecule has 1 aliphatic rings. The number of hydrogen-bond acceptors (Lipinski definition) is 2. The summed E-state index contributed by atoms with van der Waals surface area (Å²) in [6.45, 7) is 11.0. The highest BCUT2D eigenvalue weighted by Crippen LogP contribution is 2.39. The van der Waals surface area contributed by atoms with Gasteiger partial charge in [-0.2, -0.15) is 0 Å². The standard InChI is InChI=1S/C14H28O2/c1-13(2,3)11-6-8-12(9-7-11)16-14(4,5)10-15/h11-12,15H,6-10H2,1-5H3. The van der Waals surface area contributed by atoms with Crippen molar-refractivity contribution in [3.05, 3.63) is 0 Å². The second-order valence-electron chi connectivity index (χ2n) is 6.88. The lowest BCUT2D eigenvalue weighted by Crippen LogP contribution is -2.37. The van der Waals surface area contributed by atoms with Gasteiger partial charge >= 0.3 is 0 Å². The van der Waals surface area contributed by atoms with Crippen molar-refractivity contribution in [1.29, 1.82) is 0 Å². The molecule has 0 atom stereocenters. The maximum Gasteiger partial charge on any atom is 0.0859 e. The Labute approximate surface area is 100 Å². The number of aliphatic hydroxyl groups excluding tert-OH is 1. The third-order valence-electron chi connectivity index (χ3n) is 3.77. The van der Waals surface area contributed by atoms with Crippen LogP contribution in [0.4, 0.5) is 0 Å². The Balaban J connectivity index is 2.38. The summed E-state index contributed by atoms with van der Waals surface area (Å²) in [6.07, 6.45) is 5.16. The highest BCUT2D eigenvalue weighted by Gasteiger charge is 2.32. The third-order valence-corrected chi connectivity index (χ3v) is 3.77. The van der Waals surface area contributed by atoms with Gasteiger partial charge in [0.15, 0.2) is 0 Å². The summed E-state index contributed by atoms with van der Waals surface area (Å²) in [7, 11) is 0. The van der Waals surface area contributed by atoms with Crippen LogP contribution in [0.5, 0.6) is 0 Å². The first-order valence-corrected chi connectivity index (χ1v) is 6.53. The molecule has 0 amide bonds. The van der Waals surface area contributed by atoms with Gasteiger partial charge in [0, 0.05) is 0 Å². The Morgan fingerprint density at radius 2 is 1.50 bits per heavy atom. The fourth-order valence-electron chi connectivity index (χ4n) is 2.54. The summed E-state index contributed by atoms with van der Waals surface area (Å²) in [5.74, 6) is 0.824. The quantitative estimate of drug-likeness (QED) is 0.802. The number of aliphatic hydroxyl groups is 1. The van der Waals surface area contributed by atoms with Crippen molar-refractivity contribution < 1.29 is 9.84 Å². The molecule has 2 heteroatoms. The molecule has 96 valence electrons. The largest absolute Gasteiger partial charge is 0.393 e. The van der Waals surface area contributed by atoms with E-state index in [1.807, 2.05) is 13.8 Å². The van der Waals surface area contributed by atoms with Crippen molar-refractivity contribution in [3.63, 3.8) is 0 Å². The monoisotopic (exact) mass is 228 g/mol. The van der Waals surface area contributed by atoms with Gasteiger partial charge in [-0.1, -0.05) is 20.8 Å². The molecule has 0 aliphatic heterocycles. The van der Waals surface area contributed by atoms with Crippen LogP contribution >= 0.6 is 0 Å². The van der Waals surface area contributed by atoms with E-state index in [4.69, 9.17) is 4.74 Å². The fraction of sp³-hybridized carbons (Fsp3) is 1.00. The lowest BCUT2D eigenvalue weighted by Gasteiger charge is -2.39. The van der Waals surface area contributed by atoms with Gasteiger partial charge < -0.3 is 9.84 Å². The van der Waals surface area contributed by atoms with Crippen LogP contribution in [0, 0.1) is 11.3 Å². The summed E-state index contributed by atoms with van der Waals surface area (Å²) in [4.78, 5) is 0. The molecule has 0 aromatic rings. The van der Waals surface area contributed by atoms with Crippen LogP contribution in [-0.2, 0) is 4.74 Å². The Morgan fingerprint density at radius 3 is 1.88 bits per heavy atom. The average Bonchev–Trinajstić information content (AvgIpc) is 2.16. The van der Waals surface area contributed by atoms with Crippen molar-refractivity contribution >= 4 is 0 Å². The smallest absolute Gasteiger partial charge is 0.0859 e. The average molecular weight is 228 g/mol. The van der Waals surface area contributed by atoms with Gasteiger partial charge in [-0.05, 0) is 50.9 Å². The molecule has 0 unspecified atom stereocenters. The van der Waals surface area contributed by atoms with E-state index < -0.39 is 0 Å². The SMILES string of the molecule is CC(C)(CO)OC1CCC(C(C)(C)C)CC1. The summed E-state index contributed by atoms with van der Waals surface area (Å²) in [5.41, 5.74) is 0.0523. The van der Waals surface area contributed by atoms with E-state index in [2.05, 4.69) is 20.8 Å². The Morgan fingerprint density at radius 1 is 1.00 bits per heavy atom. The number of hydrogen-bond donors (Lipinski definition) is 1. The zero-order chi connectivity index (χ0) is 12.4. The number of ether oxygens (including phenoxy) is 1. The van der Waals surface area contributed by atoms with Crippen LogP contribution in [0.15, 0.2) is 0 Å². The number of rotatable bonds is 3.